The van der Waals surface area contributed by atoms with Crippen molar-refractivity contribution in [1.29, 1.82) is 0 Å². The zero-order valence-corrected chi connectivity index (χ0v) is 14.9. The number of piperidine rings is 1. The Morgan fingerprint density at radius 2 is 2.13 bits per heavy atom. The molecule has 2 aliphatic rings. The van der Waals surface area contributed by atoms with Crippen molar-refractivity contribution in [3.05, 3.63) is 0 Å². The van der Waals surface area contributed by atoms with E-state index < -0.39 is 0 Å². The van der Waals surface area contributed by atoms with Gasteiger partial charge in [0.1, 0.15) is 6.54 Å². The molecular weight excluding hydrogens is 292 g/mol. The minimum atomic E-state index is 0.0308. The van der Waals surface area contributed by atoms with E-state index in [9.17, 15) is 4.79 Å². The average Bonchev–Trinajstić information content (AvgIpc) is 2.55. The summed E-state index contributed by atoms with van der Waals surface area (Å²) < 4.78 is 5.79. The van der Waals surface area contributed by atoms with Crippen LogP contribution in [0.3, 0.4) is 0 Å². The Kier molecular flexibility index (Phi) is 7.15. The van der Waals surface area contributed by atoms with Crippen LogP contribution in [0.25, 0.3) is 0 Å². The van der Waals surface area contributed by atoms with Crippen LogP contribution in [0.1, 0.15) is 39.0 Å². The number of amides is 1. The minimum Gasteiger partial charge on any atom is -0.376 e. The van der Waals surface area contributed by atoms with Crippen molar-refractivity contribution < 1.29 is 9.53 Å². The van der Waals surface area contributed by atoms with Gasteiger partial charge in [-0.15, -0.1) is 0 Å². The molecule has 0 aromatic rings. The van der Waals surface area contributed by atoms with Crippen molar-refractivity contribution in [1.82, 2.24) is 15.1 Å². The fourth-order valence-corrected chi connectivity index (χ4v) is 3.11. The molecule has 0 aromatic carbocycles. The lowest BCUT2D eigenvalue weighted by Crippen LogP contribution is -2.49. The van der Waals surface area contributed by atoms with Gasteiger partial charge >= 0.3 is 0 Å². The summed E-state index contributed by atoms with van der Waals surface area (Å²) in [7, 11) is 3.54. The zero-order valence-electron chi connectivity index (χ0n) is 14.9. The Hall–Kier alpha value is -1.30. The maximum absolute atomic E-state index is 11.8. The Bertz CT molecular complexity index is 405. The minimum absolute atomic E-state index is 0.0308. The molecule has 2 heterocycles. The van der Waals surface area contributed by atoms with Gasteiger partial charge in [-0.3, -0.25) is 4.79 Å². The Balaban J connectivity index is 1.94. The lowest BCUT2D eigenvalue weighted by Gasteiger charge is -2.34. The van der Waals surface area contributed by atoms with Gasteiger partial charge in [0.15, 0.2) is 5.96 Å². The number of hydrogen-bond acceptors (Lipinski definition) is 3. The van der Waals surface area contributed by atoms with Crippen molar-refractivity contribution >= 4 is 11.9 Å². The number of aliphatic imine (C=N–C) groups is 1. The molecule has 2 aliphatic heterocycles. The molecule has 132 valence electrons. The quantitative estimate of drug-likeness (QED) is 0.626. The fourth-order valence-electron chi connectivity index (χ4n) is 3.11. The number of guanidine groups is 1. The first kappa shape index (κ1) is 18.0. The number of rotatable bonds is 4. The second-order valence-corrected chi connectivity index (χ2v) is 6.99. The lowest BCUT2D eigenvalue weighted by molar-refractivity contribution is -0.127. The van der Waals surface area contributed by atoms with Gasteiger partial charge in [0.2, 0.25) is 5.91 Å². The van der Waals surface area contributed by atoms with Gasteiger partial charge in [-0.2, -0.15) is 0 Å². The highest BCUT2D eigenvalue weighted by atomic mass is 16.5. The predicted molar refractivity (Wildman–Crippen MR) is 92.6 cm³/mol. The van der Waals surface area contributed by atoms with Crippen LogP contribution < -0.4 is 5.32 Å². The first-order valence-corrected chi connectivity index (χ1v) is 8.91. The van der Waals surface area contributed by atoms with Crippen LogP contribution in [0.5, 0.6) is 0 Å². The number of likely N-dealkylation sites (tertiary alicyclic amines) is 1. The maximum Gasteiger partial charge on any atom is 0.243 e. The second-order valence-electron chi connectivity index (χ2n) is 6.99. The topological polar surface area (TPSA) is 57.2 Å². The van der Waals surface area contributed by atoms with Gasteiger partial charge in [0.05, 0.1) is 6.10 Å². The van der Waals surface area contributed by atoms with Crippen molar-refractivity contribution in [3.8, 4) is 0 Å². The van der Waals surface area contributed by atoms with E-state index in [0.29, 0.717) is 5.92 Å². The standard InChI is InChI=1S/C17H32N4O2/c1-14-7-6-9-21(13-14)17(19-12-16(22)20(2)3)18-11-15-8-4-5-10-23-15/h14-15H,4-13H2,1-3H3,(H,18,19). The number of carbonyl (C=O) groups is 1. The Morgan fingerprint density at radius 1 is 1.30 bits per heavy atom. The molecular formula is C17H32N4O2. The highest BCUT2D eigenvalue weighted by Crippen LogP contribution is 2.16. The summed E-state index contributed by atoms with van der Waals surface area (Å²) in [5.41, 5.74) is 0. The number of likely N-dealkylation sites (N-methyl/N-ethyl adjacent to an activating group) is 1. The highest BCUT2D eigenvalue weighted by Gasteiger charge is 2.21. The molecule has 1 amide bonds. The molecule has 0 aliphatic carbocycles. The zero-order chi connectivity index (χ0) is 16.7. The van der Waals surface area contributed by atoms with Gasteiger partial charge < -0.3 is 19.9 Å². The lowest BCUT2D eigenvalue weighted by atomic mass is 10.0. The summed E-state index contributed by atoms with van der Waals surface area (Å²) >= 11 is 0. The molecule has 23 heavy (non-hydrogen) atoms. The summed E-state index contributed by atoms with van der Waals surface area (Å²) in [4.78, 5) is 20.3. The van der Waals surface area contributed by atoms with E-state index >= 15 is 0 Å². The summed E-state index contributed by atoms with van der Waals surface area (Å²) in [6, 6.07) is 0. The third kappa shape index (κ3) is 6.01. The Morgan fingerprint density at radius 3 is 2.78 bits per heavy atom. The van der Waals surface area contributed by atoms with Gasteiger partial charge in [-0.1, -0.05) is 6.92 Å². The maximum atomic E-state index is 11.8. The molecule has 0 bridgehead atoms. The third-order valence-corrected chi connectivity index (χ3v) is 4.58. The van der Waals surface area contributed by atoms with Crippen LogP contribution in [0, 0.1) is 5.92 Å². The molecule has 6 heteroatoms. The molecule has 2 rings (SSSR count). The molecule has 0 aromatic heterocycles. The number of ether oxygens (including phenoxy) is 1. The molecule has 0 saturated carbocycles. The average molecular weight is 324 g/mol. The van der Waals surface area contributed by atoms with Crippen molar-refractivity contribution in [2.24, 2.45) is 10.9 Å². The van der Waals surface area contributed by atoms with Crippen LogP contribution in [-0.2, 0) is 9.53 Å². The van der Waals surface area contributed by atoms with Gasteiger partial charge in [-0.05, 0) is 38.0 Å². The van der Waals surface area contributed by atoms with Gasteiger partial charge in [0.25, 0.3) is 0 Å². The monoisotopic (exact) mass is 324 g/mol. The molecule has 6 nitrogen and oxygen atoms in total. The predicted octanol–water partition coefficient (Wildman–Crippen LogP) is 1.32. The summed E-state index contributed by atoms with van der Waals surface area (Å²) in [6.07, 6.45) is 6.22. The van der Waals surface area contributed by atoms with Crippen molar-refractivity contribution in [3.63, 3.8) is 0 Å². The van der Waals surface area contributed by atoms with Crippen LogP contribution in [0.4, 0.5) is 0 Å². The van der Waals surface area contributed by atoms with Crippen LogP contribution >= 0.6 is 0 Å². The molecule has 2 unspecified atom stereocenters. The van der Waals surface area contributed by atoms with E-state index in [1.54, 1.807) is 19.0 Å². The molecule has 1 N–H and O–H groups in total. The van der Waals surface area contributed by atoms with Crippen LogP contribution in [-0.4, -0.2) is 74.7 Å². The summed E-state index contributed by atoms with van der Waals surface area (Å²) in [5.74, 6) is 1.57. The smallest absolute Gasteiger partial charge is 0.243 e. The Labute approximate surface area is 140 Å². The SMILES string of the molecule is CC1CCCN(C(=NCC(=O)N(C)C)NCC2CCCCO2)C1. The van der Waals surface area contributed by atoms with E-state index in [2.05, 4.69) is 22.1 Å². The first-order valence-electron chi connectivity index (χ1n) is 8.91. The number of nitrogens with zero attached hydrogens (tertiary/aromatic N) is 3. The van der Waals surface area contributed by atoms with Crippen LogP contribution in [0.15, 0.2) is 4.99 Å². The molecule has 0 spiro atoms. The second kappa shape index (κ2) is 9.11. The molecule has 2 atom stereocenters. The number of hydrogen-bond donors (Lipinski definition) is 1. The van der Waals surface area contributed by atoms with Crippen LogP contribution in [0.2, 0.25) is 0 Å². The van der Waals surface area contributed by atoms with E-state index in [0.717, 1.165) is 38.6 Å². The van der Waals surface area contributed by atoms with E-state index in [1.165, 1.54) is 25.7 Å². The van der Waals surface area contributed by atoms with Gasteiger partial charge in [0, 0.05) is 40.3 Å². The fraction of sp³-hybridized carbons (Fsp3) is 0.882. The molecule has 0 radical (unpaired) electrons. The summed E-state index contributed by atoms with van der Waals surface area (Å²) in [5, 5.41) is 3.45. The summed E-state index contributed by atoms with van der Waals surface area (Å²) in [6.45, 7) is 6.13. The number of nitrogens with one attached hydrogen (secondary N) is 1. The first-order chi connectivity index (χ1) is 11.1. The molecule has 2 saturated heterocycles. The van der Waals surface area contributed by atoms with E-state index in [4.69, 9.17) is 4.74 Å². The van der Waals surface area contributed by atoms with E-state index in [1.807, 2.05) is 0 Å². The van der Waals surface area contributed by atoms with Crippen molar-refractivity contribution in [2.45, 2.75) is 45.1 Å². The largest absolute Gasteiger partial charge is 0.376 e. The third-order valence-electron chi connectivity index (χ3n) is 4.58. The van der Waals surface area contributed by atoms with Crippen molar-refractivity contribution in [2.75, 3.05) is 46.9 Å². The van der Waals surface area contributed by atoms with Gasteiger partial charge in [-0.25, -0.2) is 4.99 Å². The van der Waals surface area contributed by atoms with E-state index in [-0.39, 0.29) is 18.6 Å². The highest BCUT2D eigenvalue weighted by molar-refractivity contribution is 5.84. The normalized spacial score (nSPS) is 26.0. The molecule has 2 fully saturated rings. The number of carbonyl (C=O) groups excluding carboxylic acids is 1.